The van der Waals surface area contributed by atoms with Gasteiger partial charge in [0.25, 0.3) is 0 Å². The van der Waals surface area contributed by atoms with Gasteiger partial charge in [-0.15, -0.1) is 0 Å². The van der Waals surface area contributed by atoms with Gasteiger partial charge in [-0.1, -0.05) is 6.42 Å². The van der Waals surface area contributed by atoms with Crippen LogP contribution >= 0.6 is 0 Å². The molecule has 0 aromatic rings. The van der Waals surface area contributed by atoms with Gasteiger partial charge in [-0.2, -0.15) is 0 Å². The third-order valence-electron chi connectivity index (χ3n) is 5.19. The molecule has 0 heterocycles. The standard InChI is InChI=1S/C13H20O4/c1-8(14)17-12-7-3-5-10(12)13(16)9(12)4-2-6-11(13)15/h9-11,15-16H,2-7H2,1H3/t9-,10+,11-,12+,13-/m0/s1. The minimum Gasteiger partial charge on any atom is -0.458 e. The Morgan fingerprint density at radius 2 is 1.88 bits per heavy atom. The van der Waals surface area contributed by atoms with Crippen molar-refractivity contribution in [2.75, 3.05) is 0 Å². The van der Waals surface area contributed by atoms with E-state index in [2.05, 4.69) is 0 Å². The molecule has 0 amide bonds. The van der Waals surface area contributed by atoms with Gasteiger partial charge in [-0.3, -0.25) is 4.79 Å². The van der Waals surface area contributed by atoms with E-state index in [-0.39, 0.29) is 17.8 Å². The maximum atomic E-state index is 11.3. The van der Waals surface area contributed by atoms with Crippen LogP contribution in [-0.2, 0) is 9.53 Å². The van der Waals surface area contributed by atoms with E-state index >= 15 is 0 Å². The van der Waals surface area contributed by atoms with E-state index in [1.54, 1.807) is 0 Å². The molecule has 96 valence electrons. The van der Waals surface area contributed by atoms with Crippen LogP contribution in [0.25, 0.3) is 0 Å². The van der Waals surface area contributed by atoms with E-state index in [1.807, 2.05) is 0 Å². The van der Waals surface area contributed by atoms with Gasteiger partial charge in [0.15, 0.2) is 0 Å². The second-order valence-corrected chi connectivity index (χ2v) is 5.88. The topological polar surface area (TPSA) is 66.8 Å². The number of ether oxygens (including phenoxy) is 1. The fourth-order valence-electron chi connectivity index (χ4n) is 4.73. The van der Waals surface area contributed by atoms with E-state index in [4.69, 9.17) is 4.74 Å². The van der Waals surface area contributed by atoms with Crippen LogP contribution in [0, 0.1) is 11.8 Å². The van der Waals surface area contributed by atoms with Gasteiger partial charge in [0.1, 0.15) is 11.2 Å². The summed E-state index contributed by atoms with van der Waals surface area (Å²) in [6.07, 6.45) is 4.46. The van der Waals surface area contributed by atoms with Crippen LogP contribution in [0.1, 0.15) is 45.4 Å². The SMILES string of the molecule is CC(=O)O[C@@]12CCC[C@H]1[C@]1(O)[C@@H](O)CCC[C@@H]21. The highest BCUT2D eigenvalue weighted by Crippen LogP contribution is 2.66. The number of hydrogen-bond acceptors (Lipinski definition) is 4. The van der Waals surface area contributed by atoms with Gasteiger partial charge in [0.05, 0.1) is 6.10 Å². The number of carbonyl (C=O) groups is 1. The highest BCUT2D eigenvalue weighted by molar-refractivity contribution is 5.67. The number of aliphatic hydroxyl groups excluding tert-OH is 1. The van der Waals surface area contributed by atoms with Crippen molar-refractivity contribution in [3.05, 3.63) is 0 Å². The first-order valence-corrected chi connectivity index (χ1v) is 6.62. The first kappa shape index (κ1) is 11.5. The summed E-state index contributed by atoms with van der Waals surface area (Å²) in [5.74, 6) is -0.381. The van der Waals surface area contributed by atoms with E-state index in [1.165, 1.54) is 6.92 Å². The lowest BCUT2D eigenvalue weighted by atomic mass is 9.46. The van der Waals surface area contributed by atoms with Gasteiger partial charge in [-0.05, 0) is 32.1 Å². The highest BCUT2D eigenvalue weighted by atomic mass is 16.6. The van der Waals surface area contributed by atoms with Crippen molar-refractivity contribution in [3.8, 4) is 0 Å². The fraction of sp³-hybridized carbons (Fsp3) is 0.923. The molecule has 0 aromatic heterocycles. The molecule has 0 aliphatic heterocycles. The molecule has 0 spiro atoms. The molecule has 0 unspecified atom stereocenters. The Morgan fingerprint density at radius 3 is 2.53 bits per heavy atom. The summed E-state index contributed by atoms with van der Waals surface area (Å²) >= 11 is 0. The van der Waals surface area contributed by atoms with Crippen LogP contribution in [0.2, 0.25) is 0 Å². The zero-order chi connectivity index (χ0) is 12.3. The average Bonchev–Trinajstić information content (AvgIpc) is 2.62. The van der Waals surface area contributed by atoms with Crippen LogP contribution in [0.5, 0.6) is 0 Å². The van der Waals surface area contributed by atoms with Crippen LogP contribution in [0.3, 0.4) is 0 Å². The van der Waals surface area contributed by atoms with Gasteiger partial charge < -0.3 is 14.9 Å². The molecule has 0 bridgehead atoms. The third-order valence-corrected chi connectivity index (χ3v) is 5.19. The Kier molecular flexibility index (Phi) is 2.33. The maximum absolute atomic E-state index is 11.3. The van der Waals surface area contributed by atoms with E-state index in [0.29, 0.717) is 6.42 Å². The van der Waals surface area contributed by atoms with Crippen molar-refractivity contribution in [1.29, 1.82) is 0 Å². The summed E-state index contributed by atoms with van der Waals surface area (Å²) in [6, 6.07) is 0. The first-order valence-electron chi connectivity index (χ1n) is 6.62. The molecule has 5 atom stereocenters. The fourth-order valence-corrected chi connectivity index (χ4v) is 4.73. The monoisotopic (exact) mass is 240 g/mol. The molecule has 3 aliphatic carbocycles. The number of rotatable bonds is 1. The van der Waals surface area contributed by atoms with E-state index < -0.39 is 17.3 Å². The Balaban J connectivity index is 1.93. The summed E-state index contributed by atoms with van der Waals surface area (Å²) in [5, 5.41) is 20.8. The Hall–Kier alpha value is -0.610. The zero-order valence-electron chi connectivity index (χ0n) is 10.2. The van der Waals surface area contributed by atoms with Crippen molar-refractivity contribution in [2.45, 2.75) is 62.8 Å². The average molecular weight is 240 g/mol. The Morgan fingerprint density at radius 1 is 1.24 bits per heavy atom. The molecule has 0 aromatic carbocycles. The number of esters is 1. The van der Waals surface area contributed by atoms with E-state index in [0.717, 1.165) is 32.1 Å². The molecular formula is C13H20O4. The molecule has 3 aliphatic rings. The van der Waals surface area contributed by atoms with Crippen LogP contribution < -0.4 is 0 Å². The van der Waals surface area contributed by atoms with Gasteiger partial charge in [-0.25, -0.2) is 0 Å². The lowest BCUT2D eigenvalue weighted by Gasteiger charge is -2.66. The lowest BCUT2D eigenvalue weighted by molar-refractivity contribution is -0.325. The largest absolute Gasteiger partial charge is 0.458 e. The Bertz CT molecular complexity index is 355. The third kappa shape index (κ3) is 1.23. The quantitative estimate of drug-likeness (QED) is 0.671. The summed E-state index contributed by atoms with van der Waals surface area (Å²) in [5.41, 5.74) is -1.47. The predicted octanol–water partition coefficient (Wildman–Crippen LogP) is 0.994. The van der Waals surface area contributed by atoms with Crippen LogP contribution in [0.4, 0.5) is 0 Å². The summed E-state index contributed by atoms with van der Waals surface area (Å²) in [6.45, 7) is 1.43. The number of aliphatic hydroxyl groups is 2. The molecule has 2 N–H and O–H groups in total. The van der Waals surface area contributed by atoms with Crippen molar-refractivity contribution >= 4 is 5.97 Å². The summed E-state index contributed by atoms with van der Waals surface area (Å²) in [7, 11) is 0. The molecule has 0 radical (unpaired) electrons. The van der Waals surface area contributed by atoms with Crippen molar-refractivity contribution in [3.63, 3.8) is 0 Å². The minimum atomic E-state index is -0.996. The molecule has 3 fully saturated rings. The molecule has 3 saturated carbocycles. The smallest absolute Gasteiger partial charge is 0.303 e. The minimum absolute atomic E-state index is 0.0563. The van der Waals surface area contributed by atoms with Crippen molar-refractivity contribution < 1.29 is 19.7 Å². The molecular weight excluding hydrogens is 220 g/mol. The highest BCUT2D eigenvalue weighted by Gasteiger charge is 2.76. The number of carbonyl (C=O) groups excluding carboxylic acids is 1. The molecule has 0 saturated heterocycles. The second-order valence-electron chi connectivity index (χ2n) is 5.88. The van der Waals surface area contributed by atoms with Gasteiger partial charge in [0.2, 0.25) is 0 Å². The maximum Gasteiger partial charge on any atom is 0.303 e. The molecule has 4 nitrogen and oxygen atoms in total. The van der Waals surface area contributed by atoms with Crippen molar-refractivity contribution in [2.24, 2.45) is 11.8 Å². The zero-order valence-corrected chi connectivity index (χ0v) is 10.2. The first-order chi connectivity index (χ1) is 8.02. The van der Waals surface area contributed by atoms with Crippen LogP contribution in [-0.4, -0.2) is 33.5 Å². The molecule has 4 heteroatoms. The second kappa shape index (κ2) is 3.45. The lowest BCUT2D eigenvalue weighted by Crippen LogP contribution is -2.78. The van der Waals surface area contributed by atoms with E-state index in [9.17, 15) is 15.0 Å². The number of fused-ring (bicyclic) bond motifs is 4. The van der Waals surface area contributed by atoms with Crippen molar-refractivity contribution in [1.82, 2.24) is 0 Å². The van der Waals surface area contributed by atoms with Crippen LogP contribution in [0.15, 0.2) is 0 Å². The Labute approximate surface area is 101 Å². The normalized spacial score (nSPS) is 52.3. The summed E-state index contributed by atoms with van der Waals surface area (Å²) < 4.78 is 5.57. The molecule has 3 rings (SSSR count). The van der Waals surface area contributed by atoms with Gasteiger partial charge >= 0.3 is 5.97 Å². The van der Waals surface area contributed by atoms with Gasteiger partial charge in [0, 0.05) is 18.8 Å². The number of hydrogen-bond donors (Lipinski definition) is 2. The summed E-state index contributed by atoms with van der Waals surface area (Å²) in [4.78, 5) is 11.3. The molecule has 17 heavy (non-hydrogen) atoms. The predicted molar refractivity (Wildman–Crippen MR) is 60.1 cm³/mol.